The lowest BCUT2D eigenvalue weighted by atomic mass is 10.2. The molecule has 0 heterocycles. The third kappa shape index (κ3) is 4.35. The molecular formula is C9H10ClF3N2O2S. The van der Waals surface area contributed by atoms with E-state index in [1.54, 1.807) is 0 Å². The molecule has 0 aromatic heterocycles. The van der Waals surface area contributed by atoms with Crippen molar-refractivity contribution < 1.29 is 21.6 Å². The fraction of sp³-hybridized carbons (Fsp3) is 0.333. The van der Waals surface area contributed by atoms with Crippen LogP contribution in [-0.2, 0) is 16.2 Å². The molecular weight excluding hydrogens is 293 g/mol. The summed E-state index contributed by atoms with van der Waals surface area (Å²) >= 11 is 5.50. The fourth-order valence-corrected chi connectivity index (χ4v) is 2.32. The third-order valence-electron chi connectivity index (χ3n) is 1.89. The highest BCUT2D eigenvalue weighted by Crippen LogP contribution is 2.33. The molecule has 0 saturated carbocycles. The summed E-state index contributed by atoms with van der Waals surface area (Å²) in [5.74, 6) is -0.388. The van der Waals surface area contributed by atoms with E-state index in [0.717, 1.165) is 6.07 Å². The van der Waals surface area contributed by atoms with E-state index in [4.69, 9.17) is 17.3 Å². The molecule has 1 rings (SSSR count). The van der Waals surface area contributed by atoms with Gasteiger partial charge in [0, 0.05) is 11.6 Å². The van der Waals surface area contributed by atoms with E-state index < -0.39 is 21.8 Å². The van der Waals surface area contributed by atoms with E-state index in [0.29, 0.717) is 12.1 Å². The number of hydrogen-bond donors (Lipinski definition) is 2. The predicted octanol–water partition coefficient (Wildman–Crippen LogP) is 2.06. The van der Waals surface area contributed by atoms with Gasteiger partial charge >= 0.3 is 6.18 Å². The van der Waals surface area contributed by atoms with Gasteiger partial charge in [-0.3, -0.25) is 4.72 Å². The molecule has 0 atom stereocenters. The van der Waals surface area contributed by atoms with Gasteiger partial charge in [0.25, 0.3) is 0 Å². The van der Waals surface area contributed by atoms with Gasteiger partial charge in [-0.25, -0.2) is 8.42 Å². The summed E-state index contributed by atoms with van der Waals surface area (Å²) in [6.07, 6.45) is -4.60. The first kappa shape index (κ1) is 15.1. The normalized spacial score (nSPS) is 12.5. The average molecular weight is 303 g/mol. The Morgan fingerprint density at radius 3 is 2.39 bits per heavy atom. The molecule has 0 amide bonds. The number of sulfonamides is 1. The Kier molecular flexibility index (Phi) is 4.46. The molecule has 0 bridgehead atoms. The van der Waals surface area contributed by atoms with Gasteiger partial charge in [0.1, 0.15) is 0 Å². The Morgan fingerprint density at radius 1 is 1.28 bits per heavy atom. The van der Waals surface area contributed by atoms with E-state index in [1.165, 1.54) is 0 Å². The molecule has 102 valence electrons. The maximum absolute atomic E-state index is 12.5. The minimum absolute atomic E-state index is 0.137. The number of anilines is 1. The second-order valence-corrected chi connectivity index (χ2v) is 5.71. The highest BCUT2D eigenvalue weighted by molar-refractivity contribution is 7.92. The molecule has 4 nitrogen and oxygen atoms in total. The van der Waals surface area contributed by atoms with Gasteiger partial charge in [0.15, 0.2) is 0 Å². The molecule has 3 N–H and O–H groups in total. The SMILES string of the molecule is NCCS(=O)(=O)Nc1cc(Cl)cc(C(F)(F)F)c1. The van der Waals surface area contributed by atoms with Crippen molar-refractivity contribution in [2.24, 2.45) is 5.73 Å². The molecule has 0 spiro atoms. The standard InChI is InChI=1S/C9H10ClF3N2O2S/c10-7-3-6(9(11,12)13)4-8(5-7)15-18(16,17)2-1-14/h3-5,15H,1-2,14H2. The molecule has 0 aliphatic heterocycles. The van der Waals surface area contributed by atoms with Crippen LogP contribution in [0.4, 0.5) is 18.9 Å². The topological polar surface area (TPSA) is 72.2 Å². The summed E-state index contributed by atoms with van der Waals surface area (Å²) in [4.78, 5) is 0. The van der Waals surface area contributed by atoms with Gasteiger partial charge in [0.05, 0.1) is 17.0 Å². The lowest BCUT2D eigenvalue weighted by Crippen LogP contribution is -2.22. The van der Waals surface area contributed by atoms with Crippen LogP contribution in [0.15, 0.2) is 18.2 Å². The van der Waals surface area contributed by atoms with Gasteiger partial charge < -0.3 is 5.73 Å². The molecule has 9 heteroatoms. The summed E-state index contributed by atoms with van der Waals surface area (Å²) in [5.41, 5.74) is 3.80. The lowest BCUT2D eigenvalue weighted by molar-refractivity contribution is -0.137. The van der Waals surface area contributed by atoms with Crippen LogP contribution >= 0.6 is 11.6 Å². The zero-order valence-corrected chi connectivity index (χ0v) is 10.5. The molecule has 0 aliphatic rings. The van der Waals surface area contributed by atoms with Crippen LogP contribution in [0.5, 0.6) is 0 Å². The fourth-order valence-electron chi connectivity index (χ4n) is 1.20. The van der Waals surface area contributed by atoms with Crippen molar-refractivity contribution in [3.63, 3.8) is 0 Å². The van der Waals surface area contributed by atoms with E-state index in [2.05, 4.69) is 0 Å². The van der Waals surface area contributed by atoms with Crippen molar-refractivity contribution in [3.05, 3.63) is 28.8 Å². The number of alkyl halides is 3. The summed E-state index contributed by atoms with van der Waals surface area (Å²) < 4.78 is 62.1. The summed E-state index contributed by atoms with van der Waals surface area (Å²) in [7, 11) is -3.76. The van der Waals surface area contributed by atoms with Crippen LogP contribution < -0.4 is 10.5 Å². The van der Waals surface area contributed by atoms with Crippen LogP contribution in [0.25, 0.3) is 0 Å². The van der Waals surface area contributed by atoms with Crippen LogP contribution in [-0.4, -0.2) is 20.7 Å². The molecule has 18 heavy (non-hydrogen) atoms. The first-order chi connectivity index (χ1) is 8.14. The third-order valence-corrected chi connectivity index (χ3v) is 3.42. The van der Waals surface area contributed by atoms with Crippen LogP contribution in [0.2, 0.25) is 5.02 Å². The minimum atomic E-state index is -4.60. The molecule has 1 aromatic rings. The van der Waals surface area contributed by atoms with Gasteiger partial charge in [-0.2, -0.15) is 13.2 Å². The first-order valence-corrected chi connectivity index (χ1v) is 6.75. The number of halogens is 4. The Hall–Kier alpha value is -0.990. The summed E-state index contributed by atoms with van der Waals surface area (Å²) in [6, 6.07) is 2.47. The Bertz CT molecular complexity index is 531. The van der Waals surface area contributed by atoms with Crippen LogP contribution in [0, 0.1) is 0 Å². The van der Waals surface area contributed by atoms with Crippen molar-refractivity contribution in [3.8, 4) is 0 Å². The first-order valence-electron chi connectivity index (χ1n) is 4.72. The number of nitrogens with one attached hydrogen (secondary N) is 1. The van der Waals surface area contributed by atoms with Crippen molar-refractivity contribution in [2.75, 3.05) is 17.0 Å². The van der Waals surface area contributed by atoms with E-state index in [1.807, 2.05) is 4.72 Å². The predicted molar refractivity (Wildman–Crippen MR) is 62.9 cm³/mol. The Labute approximate surface area is 107 Å². The molecule has 0 saturated heterocycles. The zero-order valence-electron chi connectivity index (χ0n) is 8.96. The van der Waals surface area contributed by atoms with Gasteiger partial charge in [-0.1, -0.05) is 11.6 Å². The largest absolute Gasteiger partial charge is 0.416 e. The smallest absolute Gasteiger partial charge is 0.329 e. The number of rotatable bonds is 4. The highest BCUT2D eigenvalue weighted by Gasteiger charge is 2.31. The quantitative estimate of drug-likeness (QED) is 0.894. The number of benzene rings is 1. The lowest BCUT2D eigenvalue weighted by Gasteiger charge is -2.11. The van der Waals surface area contributed by atoms with Gasteiger partial charge in [-0.15, -0.1) is 0 Å². The van der Waals surface area contributed by atoms with Crippen molar-refractivity contribution in [1.29, 1.82) is 0 Å². The van der Waals surface area contributed by atoms with Crippen molar-refractivity contribution in [2.45, 2.75) is 6.18 Å². The van der Waals surface area contributed by atoms with Gasteiger partial charge in [0.2, 0.25) is 10.0 Å². The van der Waals surface area contributed by atoms with Gasteiger partial charge in [-0.05, 0) is 18.2 Å². The molecule has 1 aromatic carbocycles. The van der Waals surface area contributed by atoms with E-state index in [-0.39, 0.29) is 23.0 Å². The Balaban J connectivity index is 3.08. The zero-order chi connectivity index (χ0) is 14.0. The molecule has 0 unspecified atom stereocenters. The summed E-state index contributed by atoms with van der Waals surface area (Å²) in [5, 5.41) is -0.213. The van der Waals surface area contributed by atoms with E-state index in [9.17, 15) is 21.6 Å². The van der Waals surface area contributed by atoms with E-state index >= 15 is 0 Å². The highest BCUT2D eigenvalue weighted by atomic mass is 35.5. The number of hydrogen-bond acceptors (Lipinski definition) is 3. The number of nitrogens with two attached hydrogens (primary N) is 1. The molecule has 0 aliphatic carbocycles. The summed E-state index contributed by atoms with van der Waals surface area (Å²) in [6.45, 7) is -0.137. The van der Waals surface area contributed by atoms with Crippen molar-refractivity contribution in [1.82, 2.24) is 0 Å². The Morgan fingerprint density at radius 2 is 1.89 bits per heavy atom. The van der Waals surface area contributed by atoms with Crippen LogP contribution in [0.3, 0.4) is 0 Å². The second kappa shape index (κ2) is 5.33. The molecule has 0 fully saturated rings. The minimum Gasteiger partial charge on any atom is -0.329 e. The van der Waals surface area contributed by atoms with Crippen LogP contribution in [0.1, 0.15) is 5.56 Å². The maximum atomic E-state index is 12.5. The maximum Gasteiger partial charge on any atom is 0.416 e. The molecule has 0 radical (unpaired) electrons. The second-order valence-electron chi connectivity index (χ2n) is 3.44. The monoisotopic (exact) mass is 302 g/mol. The average Bonchev–Trinajstić information content (AvgIpc) is 2.13. The van der Waals surface area contributed by atoms with Crippen molar-refractivity contribution >= 4 is 27.3 Å².